The van der Waals surface area contributed by atoms with Crippen molar-refractivity contribution in [2.75, 3.05) is 13.1 Å². The Bertz CT molecular complexity index is 195. The molecule has 0 bridgehead atoms. The Balaban J connectivity index is 3.54. The van der Waals surface area contributed by atoms with Crippen LogP contribution in [-0.4, -0.2) is 36.2 Å². The molecule has 4 nitrogen and oxygen atoms in total. The number of nitrogens with one attached hydrogen (secondary N) is 2. The first kappa shape index (κ1) is 15.4. The summed E-state index contributed by atoms with van der Waals surface area (Å²) in [7, 11) is 0. The van der Waals surface area contributed by atoms with Crippen LogP contribution in [0, 0.1) is 5.92 Å². The lowest BCUT2D eigenvalue weighted by Crippen LogP contribution is -2.40. The Morgan fingerprint density at radius 1 is 1.31 bits per heavy atom. The van der Waals surface area contributed by atoms with Crippen molar-refractivity contribution >= 4 is 5.91 Å². The van der Waals surface area contributed by atoms with Gasteiger partial charge in [0.2, 0.25) is 5.91 Å². The Hall–Kier alpha value is -0.610. The highest BCUT2D eigenvalue weighted by Gasteiger charge is 2.08. The predicted molar refractivity (Wildman–Crippen MR) is 66.2 cm³/mol. The molecule has 0 saturated carbocycles. The third-order valence-corrected chi connectivity index (χ3v) is 2.43. The molecule has 0 aromatic heterocycles. The molecule has 0 aliphatic rings. The molecule has 16 heavy (non-hydrogen) atoms. The minimum atomic E-state index is -0.364. The average molecular weight is 230 g/mol. The van der Waals surface area contributed by atoms with Gasteiger partial charge in [0, 0.05) is 12.6 Å². The summed E-state index contributed by atoms with van der Waals surface area (Å²) >= 11 is 0. The average Bonchev–Trinajstić information content (AvgIpc) is 2.16. The normalized spacial score (nSPS) is 14.9. The lowest BCUT2D eigenvalue weighted by molar-refractivity contribution is -0.120. The fraction of sp³-hybridized carbons (Fsp3) is 0.917. The SMILES string of the molecule is CCC(C)NC(=O)CNCC(O)CC(C)C. The molecular weight excluding hydrogens is 204 g/mol. The number of carbonyl (C=O) groups is 1. The van der Waals surface area contributed by atoms with Crippen molar-refractivity contribution in [2.45, 2.75) is 52.7 Å². The molecular formula is C12H26N2O2. The van der Waals surface area contributed by atoms with Crippen molar-refractivity contribution in [3.63, 3.8) is 0 Å². The molecule has 0 saturated heterocycles. The van der Waals surface area contributed by atoms with E-state index in [0.717, 1.165) is 12.8 Å². The second-order valence-electron chi connectivity index (χ2n) is 4.79. The first-order valence-corrected chi connectivity index (χ1v) is 6.13. The van der Waals surface area contributed by atoms with Gasteiger partial charge in [0.05, 0.1) is 12.6 Å². The smallest absolute Gasteiger partial charge is 0.234 e. The number of aliphatic hydroxyl groups is 1. The molecule has 0 rings (SSSR count). The maximum Gasteiger partial charge on any atom is 0.234 e. The Labute approximate surface area is 98.8 Å². The van der Waals surface area contributed by atoms with Crippen LogP contribution in [0.2, 0.25) is 0 Å². The van der Waals surface area contributed by atoms with Gasteiger partial charge < -0.3 is 15.7 Å². The molecule has 3 N–H and O–H groups in total. The van der Waals surface area contributed by atoms with Crippen molar-refractivity contribution in [1.29, 1.82) is 0 Å². The molecule has 0 aliphatic heterocycles. The van der Waals surface area contributed by atoms with Crippen LogP contribution in [0.15, 0.2) is 0 Å². The van der Waals surface area contributed by atoms with Gasteiger partial charge in [-0.15, -0.1) is 0 Å². The number of hydrogen-bond donors (Lipinski definition) is 3. The number of carbonyl (C=O) groups excluding carboxylic acids is 1. The van der Waals surface area contributed by atoms with E-state index in [2.05, 4.69) is 24.5 Å². The van der Waals surface area contributed by atoms with E-state index < -0.39 is 0 Å². The van der Waals surface area contributed by atoms with E-state index in [0.29, 0.717) is 12.5 Å². The largest absolute Gasteiger partial charge is 0.392 e. The van der Waals surface area contributed by atoms with E-state index in [1.54, 1.807) is 0 Å². The molecule has 96 valence electrons. The maximum absolute atomic E-state index is 11.4. The minimum absolute atomic E-state index is 0.00824. The summed E-state index contributed by atoms with van der Waals surface area (Å²) in [5.41, 5.74) is 0. The third-order valence-electron chi connectivity index (χ3n) is 2.43. The van der Waals surface area contributed by atoms with Crippen LogP contribution in [0.3, 0.4) is 0 Å². The van der Waals surface area contributed by atoms with Gasteiger partial charge in [-0.05, 0) is 25.7 Å². The summed E-state index contributed by atoms with van der Waals surface area (Å²) in [5, 5.41) is 15.4. The highest BCUT2D eigenvalue weighted by Crippen LogP contribution is 2.02. The molecule has 4 heteroatoms. The van der Waals surface area contributed by atoms with Gasteiger partial charge in [0.25, 0.3) is 0 Å². The van der Waals surface area contributed by atoms with E-state index in [4.69, 9.17) is 0 Å². The van der Waals surface area contributed by atoms with E-state index in [1.807, 2.05) is 13.8 Å². The fourth-order valence-electron chi connectivity index (χ4n) is 1.41. The summed E-state index contributed by atoms with van der Waals surface area (Å²) in [6, 6.07) is 0.217. The zero-order valence-electron chi connectivity index (χ0n) is 10.9. The molecule has 0 spiro atoms. The Morgan fingerprint density at radius 3 is 2.44 bits per heavy atom. The summed E-state index contributed by atoms with van der Waals surface area (Å²) in [6.45, 7) is 8.90. The van der Waals surface area contributed by atoms with E-state index in [1.165, 1.54) is 0 Å². The van der Waals surface area contributed by atoms with Crippen molar-refractivity contribution < 1.29 is 9.90 Å². The molecule has 0 aromatic carbocycles. The van der Waals surface area contributed by atoms with Gasteiger partial charge in [-0.2, -0.15) is 0 Å². The second kappa shape index (κ2) is 8.53. The molecule has 1 amide bonds. The lowest BCUT2D eigenvalue weighted by atomic mass is 10.1. The van der Waals surface area contributed by atoms with E-state index in [-0.39, 0.29) is 24.6 Å². The van der Waals surface area contributed by atoms with Crippen LogP contribution in [0.1, 0.15) is 40.5 Å². The van der Waals surface area contributed by atoms with Crippen LogP contribution in [0.5, 0.6) is 0 Å². The van der Waals surface area contributed by atoms with Crippen LogP contribution in [0.25, 0.3) is 0 Å². The van der Waals surface area contributed by atoms with Crippen LogP contribution in [0.4, 0.5) is 0 Å². The third kappa shape index (κ3) is 8.68. The quantitative estimate of drug-likeness (QED) is 0.580. The first-order chi connectivity index (χ1) is 7.45. The van der Waals surface area contributed by atoms with Gasteiger partial charge in [0.1, 0.15) is 0 Å². The van der Waals surface area contributed by atoms with Gasteiger partial charge in [-0.3, -0.25) is 4.79 Å². The number of hydrogen-bond acceptors (Lipinski definition) is 3. The summed E-state index contributed by atoms with van der Waals surface area (Å²) < 4.78 is 0. The molecule has 0 aliphatic carbocycles. The summed E-state index contributed by atoms with van der Waals surface area (Å²) in [6.07, 6.45) is 1.33. The maximum atomic E-state index is 11.4. The first-order valence-electron chi connectivity index (χ1n) is 6.13. The molecule has 0 heterocycles. The van der Waals surface area contributed by atoms with Gasteiger partial charge in [-0.25, -0.2) is 0 Å². The predicted octanol–water partition coefficient (Wildman–Crippen LogP) is 0.898. The minimum Gasteiger partial charge on any atom is -0.392 e. The zero-order chi connectivity index (χ0) is 12.6. The van der Waals surface area contributed by atoms with Crippen LogP contribution in [-0.2, 0) is 4.79 Å². The number of rotatable bonds is 8. The van der Waals surface area contributed by atoms with Crippen molar-refractivity contribution in [1.82, 2.24) is 10.6 Å². The van der Waals surface area contributed by atoms with Crippen molar-refractivity contribution in [3.8, 4) is 0 Å². The summed E-state index contributed by atoms with van der Waals surface area (Å²) in [4.78, 5) is 11.4. The highest BCUT2D eigenvalue weighted by molar-refractivity contribution is 5.78. The van der Waals surface area contributed by atoms with Crippen molar-refractivity contribution in [3.05, 3.63) is 0 Å². The molecule has 2 atom stereocenters. The molecule has 0 fully saturated rings. The lowest BCUT2D eigenvalue weighted by Gasteiger charge is -2.15. The monoisotopic (exact) mass is 230 g/mol. The molecule has 0 aromatic rings. The fourth-order valence-corrected chi connectivity index (χ4v) is 1.41. The second-order valence-corrected chi connectivity index (χ2v) is 4.79. The zero-order valence-corrected chi connectivity index (χ0v) is 10.9. The Morgan fingerprint density at radius 2 is 1.94 bits per heavy atom. The van der Waals surface area contributed by atoms with Gasteiger partial charge in [0.15, 0.2) is 0 Å². The van der Waals surface area contributed by atoms with Crippen LogP contribution < -0.4 is 10.6 Å². The van der Waals surface area contributed by atoms with Gasteiger partial charge >= 0.3 is 0 Å². The topological polar surface area (TPSA) is 61.4 Å². The van der Waals surface area contributed by atoms with E-state index in [9.17, 15) is 9.90 Å². The molecule has 0 radical (unpaired) electrons. The molecule has 2 unspecified atom stereocenters. The number of amides is 1. The number of aliphatic hydroxyl groups excluding tert-OH is 1. The van der Waals surface area contributed by atoms with Crippen molar-refractivity contribution in [2.24, 2.45) is 5.92 Å². The van der Waals surface area contributed by atoms with Crippen LogP contribution >= 0.6 is 0 Å². The highest BCUT2D eigenvalue weighted by atomic mass is 16.3. The standard InChI is InChI=1S/C12H26N2O2/c1-5-10(4)14-12(16)8-13-7-11(15)6-9(2)3/h9-11,13,15H,5-8H2,1-4H3,(H,14,16). The van der Waals surface area contributed by atoms with Gasteiger partial charge in [-0.1, -0.05) is 20.8 Å². The Kier molecular flexibility index (Phi) is 8.21. The summed E-state index contributed by atoms with van der Waals surface area (Å²) in [5.74, 6) is 0.469. The van der Waals surface area contributed by atoms with E-state index >= 15 is 0 Å².